The normalized spacial score (nSPS) is 11.2. The van der Waals surface area contributed by atoms with Gasteiger partial charge in [-0.3, -0.25) is 4.72 Å². The van der Waals surface area contributed by atoms with Gasteiger partial charge in [0, 0.05) is 12.3 Å². The molecule has 0 atom stereocenters. The number of para-hydroxylation sites is 1. The van der Waals surface area contributed by atoms with Gasteiger partial charge in [-0.15, -0.1) is 0 Å². The summed E-state index contributed by atoms with van der Waals surface area (Å²) in [6, 6.07) is 19.0. The Labute approximate surface area is 187 Å². The van der Waals surface area contributed by atoms with Crippen LogP contribution < -0.4 is 14.2 Å². The number of methoxy groups -OCH3 is 1. The van der Waals surface area contributed by atoms with Gasteiger partial charge in [-0.25, -0.2) is 13.4 Å². The molecule has 0 aliphatic heterocycles. The van der Waals surface area contributed by atoms with Crippen molar-refractivity contribution >= 4 is 15.7 Å². The molecule has 8 heteroatoms. The van der Waals surface area contributed by atoms with Crippen LogP contribution in [-0.2, 0) is 10.0 Å². The Morgan fingerprint density at radius 2 is 1.69 bits per heavy atom. The smallest absolute Gasteiger partial charge is 0.265 e. The highest BCUT2D eigenvalue weighted by atomic mass is 32.2. The largest absolute Gasteiger partial charge is 0.494 e. The summed E-state index contributed by atoms with van der Waals surface area (Å²) in [5.74, 6) is 1.30. The molecule has 32 heavy (non-hydrogen) atoms. The zero-order valence-electron chi connectivity index (χ0n) is 17.9. The monoisotopic (exact) mass is 449 g/mol. The van der Waals surface area contributed by atoms with Gasteiger partial charge in [-0.05, 0) is 50.2 Å². The summed E-state index contributed by atoms with van der Waals surface area (Å²) >= 11 is 0. The molecular weight excluding hydrogens is 426 g/mol. The van der Waals surface area contributed by atoms with Crippen molar-refractivity contribution in [1.82, 2.24) is 9.55 Å². The van der Waals surface area contributed by atoms with Crippen LogP contribution in [0.1, 0.15) is 11.3 Å². The summed E-state index contributed by atoms with van der Waals surface area (Å²) in [5.41, 5.74) is 3.07. The Morgan fingerprint density at radius 1 is 0.938 bits per heavy atom. The molecule has 0 radical (unpaired) electrons. The van der Waals surface area contributed by atoms with Crippen LogP contribution in [0.15, 0.2) is 84.1 Å². The maximum atomic E-state index is 13.2. The molecule has 0 saturated carbocycles. The maximum Gasteiger partial charge on any atom is 0.265 e. The van der Waals surface area contributed by atoms with Crippen molar-refractivity contribution in [2.75, 3.05) is 11.8 Å². The Balaban J connectivity index is 1.63. The van der Waals surface area contributed by atoms with Crippen LogP contribution in [0.3, 0.4) is 0 Å². The summed E-state index contributed by atoms with van der Waals surface area (Å²) in [4.78, 5) is 4.26. The molecule has 0 aliphatic rings. The highest BCUT2D eigenvalue weighted by Gasteiger charge is 2.21. The quantitative estimate of drug-likeness (QED) is 0.425. The zero-order valence-corrected chi connectivity index (χ0v) is 18.8. The van der Waals surface area contributed by atoms with Gasteiger partial charge >= 0.3 is 0 Å². The molecule has 0 spiro atoms. The van der Waals surface area contributed by atoms with Gasteiger partial charge in [-0.2, -0.15) is 0 Å². The first-order chi connectivity index (χ1) is 15.4. The lowest BCUT2D eigenvalue weighted by atomic mass is 10.2. The highest BCUT2D eigenvalue weighted by molar-refractivity contribution is 7.92. The van der Waals surface area contributed by atoms with Gasteiger partial charge in [0.1, 0.15) is 22.1 Å². The predicted molar refractivity (Wildman–Crippen MR) is 123 cm³/mol. The number of hydrogen-bond acceptors (Lipinski definition) is 5. The van der Waals surface area contributed by atoms with E-state index in [1.807, 2.05) is 36.7 Å². The predicted octanol–water partition coefficient (Wildman–Crippen LogP) is 5.09. The first-order valence-corrected chi connectivity index (χ1v) is 11.4. The number of nitrogens with one attached hydrogen (secondary N) is 1. The molecule has 4 aromatic rings. The average molecular weight is 450 g/mol. The van der Waals surface area contributed by atoms with Crippen molar-refractivity contribution in [3.63, 3.8) is 0 Å². The van der Waals surface area contributed by atoms with Gasteiger partial charge in [0.25, 0.3) is 10.0 Å². The molecule has 0 fully saturated rings. The Hall–Kier alpha value is -3.78. The second kappa shape index (κ2) is 8.76. The van der Waals surface area contributed by atoms with Crippen molar-refractivity contribution < 1.29 is 17.9 Å². The Morgan fingerprint density at radius 3 is 2.38 bits per heavy atom. The van der Waals surface area contributed by atoms with Crippen LogP contribution in [0.5, 0.6) is 17.2 Å². The van der Waals surface area contributed by atoms with Gasteiger partial charge in [0.15, 0.2) is 0 Å². The fourth-order valence-corrected chi connectivity index (χ4v) is 4.39. The number of nitrogens with zero attached hydrogens (tertiary/aromatic N) is 2. The van der Waals surface area contributed by atoms with Crippen molar-refractivity contribution in [1.29, 1.82) is 0 Å². The number of rotatable bonds is 7. The van der Waals surface area contributed by atoms with E-state index in [0.717, 1.165) is 16.9 Å². The summed E-state index contributed by atoms with van der Waals surface area (Å²) in [5, 5.41) is 0. The molecule has 1 N–H and O–H groups in total. The molecule has 0 amide bonds. The second-order valence-electron chi connectivity index (χ2n) is 7.28. The SMILES string of the molecule is COc1cc(NS(=O)(=O)c2ccccc2Oc2ccc(C)cc2)ccc1-n1cnc(C)c1. The van der Waals surface area contributed by atoms with E-state index in [1.54, 1.807) is 54.9 Å². The Kier molecular flexibility index (Phi) is 5.87. The van der Waals surface area contributed by atoms with E-state index in [2.05, 4.69) is 9.71 Å². The Bertz CT molecular complexity index is 1350. The summed E-state index contributed by atoms with van der Waals surface area (Å²) in [6.45, 7) is 3.86. The number of aromatic nitrogens is 2. The van der Waals surface area contributed by atoms with E-state index in [0.29, 0.717) is 17.2 Å². The summed E-state index contributed by atoms with van der Waals surface area (Å²) in [7, 11) is -2.39. The molecule has 3 aromatic carbocycles. The molecule has 4 rings (SSSR count). The fourth-order valence-electron chi connectivity index (χ4n) is 3.21. The summed E-state index contributed by atoms with van der Waals surface area (Å²) < 4.78 is 42.1. The van der Waals surface area contributed by atoms with E-state index in [4.69, 9.17) is 9.47 Å². The van der Waals surface area contributed by atoms with E-state index in [9.17, 15) is 8.42 Å². The molecule has 164 valence electrons. The third-order valence-corrected chi connectivity index (χ3v) is 6.23. The van der Waals surface area contributed by atoms with Crippen LogP contribution in [-0.4, -0.2) is 25.1 Å². The minimum Gasteiger partial charge on any atom is -0.494 e. The molecule has 0 unspecified atom stereocenters. The number of anilines is 1. The molecule has 0 saturated heterocycles. The molecule has 1 heterocycles. The highest BCUT2D eigenvalue weighted by Crippen LogP contribution is 2.32. The van der Waals surface area contributed by atoms with Gasteiger partial charge in [0.05, 0.1) is 30.5 Å². The number of aryl methyl sites for hydroxylation is 2. The molecule has 7 nitrogen and oxygen atoms in total. The number of imidazole rings is 1. The zero-order chi connectivity index (χ0) is 22.7. The van der Waals surface area contributed by atoms with Crippen molar-refractivity contribution in [2.45, 2.75) is 18.7 Å². The van der Waals surface area contributed by atoms with Gasteiger partial charge < -0.3 is 14.0 Å². The van der Waals surface area contributed by atoms with Gasteiger partial charge in [-0.1, -0.05) is 29.8 Å². The third kappa shape index (κ3) is 4.60. The minimum atomic E-state index is -3.92. The standard InChI is InChI=1S/C24H23N3O4S/c1-17-8-11-20(12-9-17)31-22-6-4-5-7-24(22)32(28,29)26-19-10-13-21(23(14-19)30-3)27-15-18(2)25-16-27/h4-16,26H,1-3H3. The molecule has 0 bridgehead atoms. The first kappa shape index (κ1) is 21.5. The lowest BCUT2D eigenvalue weighted by Crippen LogP contribution is -2.14. The average Bonchev–Trinajstić information content (AvgIpc) is 3.21. The second-order valence-corrected chi connectivity index (χ2v) is 8.93. The maximum absolute atomic E-state index is 13.2. The van der Waals surface area contributed by atoms with Crippen molar-refractivity contribution in [3.05, 3.63) is 90.5 Å². The lowest BCUT2D eigenvalue weighted by molar-refractivity contribution is 0.413. The molecule has 0 aliphatic carbocycles. The van der Waals surface area contributed by atoms with Crippen LogP contribution in [0.25, 0.3) is 5.69 Å². The molecule has 1 aromatic heterocycles. The molecular formula is C24H23N3O4S. The summed E-state index contributed by atoms with van der Waals surface area (Å²) in [6.07, 6.45) is 3.54. The van der Waals surface area contributed by atoms with E-state index in [-0.39, 0.29) is 10.6 Å². The van der Waals surface area contributed by atoms with Crippen LogP contribution in [0, 0.1) is 13.8 Å². The minimum absolute atomic E-state index is 0.0360. The van der Waals surface area contributed by atoms with E-state index < -0.39 is 10.0 Å². The van der Waals surface area contributed by atoms with E-state index in [1.165, 1.54) is 13.2 Å². The van der Waals surface area contributed by atoms with E-state index >= 15 is 0 Å². The third-order valence-electron chi connectivity index (χ3n) is 4.81. The van der Waals surface area contributed by atoms with Crippen LogP contribution in [0.4, 0.5) is 5.69 Å². The van der Waals surface area contributed by atoms with Crippen LogP contribution in [0.2, 0.25) is 0 Å². The van der Waals surface area contributed by atoms with Crippen LogP contribution >= 0.6 is 0 Å². The van der Waals surface area contributed by atoms with Crippen molar-refractivity contribution in [2.24, 2.45) is 0 Å². The van der Waals surface area contributed by atoms with Crippen molar-refractivity contribution in [3.8, 4) is 22.9 Å². The number of sulfonamides is 1. The number of hydrogen-bond donors (Lipinski definition) is 1. The lowest BCUT2D eigenvalue weighted by Gasteiger charge is -2.15. The topological polar surface area (TPSA) is 82.5 Å². The fraction of sp³-hybridized carbons (Fsp3) is 0.125. The van der Waals surface area contributed by atoms with Gasteiger partial charge in [0.2, 0.25) is 0 Å². The first-order valence-electron chi connectivity index (χ1n) is 9.91. The number of ether oxygens (including phenoxy) is 2. The number of benzene rings is 3.